The van der Waals surface area contributed by atoms with Crippen LogP contribution in [-0.4, -0.2) is 34.1 Å². The Balaban J connectivity index is 2.02. The molecule has 0 spiro atoms. The van der Waals surface area contributed by atoms with Gasteiger partial charge in [-0.3, -0.25) is 4.79 Å². The summed E-state index contributed by atoms with van der Waals surface area (Å²) in [5.41, 5.74) is -0.892. The number of hydrogen-bond acceptors (Lipinski definition) is 4. The SMILES string of the molecule is O=C(O)C1CCN(c2ncc(C(F)(F)F)cn2)CC1. The van der Waals surface area contributed by atoms with E-state index in [-0.39, 0.29) is 5.95 Å². The van der Waals surface area contributed by atoms with Gasteiger partial charge in [0.05, 0.1) is 11.5 Å². The topological polar surface area (TPSA) is 66.3 Å². The monoisotopic (exact) mass is 275 g/mol. The maximum atomic E-state index is 12.3. The van der Waals surface area contributed by atoms with Gasteiger partial charge in [-0.15, -0.1) is 0 Å². The second kappa shape index (κ2) is 5.02. The van der Waals surface area contributed by atoms with E-state index in [9.17, 15) is 18.0 Å². The number of carboxylic acids is 1. The van der Waals surface area contributed by atoms with Crippen LogP contribution in [-0.2, 0) is 11.0 Å². The first kappa shape index (κ1) is 13.6. The molecule has 0 bridgehead atoms. The molecule has 0 aliphatic carbocycles. The fourth-order valence-corrected chi connectivity index (χ4v) is 1.96. The predicted octanol–water partition coefficient (Wildman–Crippen LogP) is 1.80. The number of piperidine rings is 1. The first-order chi connectivity index (χ1) is 8.88. The van der Waals surface area contributed by atoms with Crippen molar-refractivity contribution in [3.63, 3.8) is 0 Å². The summed E-state index contributed by atoms with van der Waals surface area (Å²) in [5.74, 6) is -1.03. The van der Waals surface area contributed by atoms with Crippen molar-refractivity contribution in [3.05, 3.63) is 18.0 Å². The second-order valence-electron chi connectivity index (χ2n) is 4.37. The van der Waals surface area contributed by atoms with Crippen molar-refractivity contribution >= 4 is 11.9 Å². The van der Waals surface area contributed by atoms with Gasteiger partial charge in [0.1, 0.15) is 0 Å². The van der Waals surface area contributed by atoms with Gasteiger partial charge in [0.25, 0.3) is 0 Å². The quantitative estimate of drug-likeness (QED) is 0.891. The van der Waals surface area contributed by atoms with E-state index in [1.807, 2.05) is 0 Å². The van der Waals surface area contributed by atoms with E-state index in [0.717, 1.165) is 12.4 Å². The van der Waals surface area contributed by atoms with Crippen molar-refractivity contribution in [1.82, 2.24) is 9.97 Å². The lowest BCUT2D eigenvalue weighted by Gasteiger charge is -2.30. The minimum absolute atomic E-state index is 0.205. The fraction of sp³-hybridized carbons (Fsp3) is 0.545. The highest BCUT2D eigenvalue weighted by Crippen LogP contribution is 2.29. The minimum atomic E-state index is -4.45. The number of hydrogen-bond donors (Lipinski definition) is 1. The Labute approximate surface area is 107 Å². The Kier molecular flexibility index (Phi) is 3.59. The highest BCUT2D eigenvalue weighted by Gasteiger charge is 2.32. The van der Waals surface area contributed by atoms with Crippen molar-refractivity contribution in [2.45, 2.75) is 19.0 Å². The summed E-state index contributed by atoms with van der Waals surface area (Å²) >= 11 is 0. The maximum Gasteiger partial charge on any atom is 0.419 e. The normalized spacial score (nSPS) is 17.5. The highest BCUT2D eigenvalue weighted by atomic mass is 19.4. The number of halogens is 3. The van der Waals surface area contributed by atoms with E-state index < -0.39 is 23.6 Å². The molecule has 0 unspecified atom stereocenters. The molecule has 0 aromatic carbocycles. The largest absolute Gasteiger partial charge is 0.481 e. The predicted molar refractivity (Wildman–Crippen MR) is 59.6 cm³/mol. The Morgan fingerprint density at radius 3 is 2.21 bits per heavy atom. The third kappa shape index (κ3) is 3.12. The molecule has 2 heterocycles. The number of aliphatic carboxylic acids is 1. The Hall–Kier alpha value is -1.86. The zero-order chi connectivity index (χ0) is 14.0. The van der Waals surface area contributed by atoms with Crippen LogP contribution < -0.4 is 4.90 Å². The number of anilines is 1. The van der Waals surface area contributed by atoms with Gasteiger partial charge in [-0.05, 0) is 12.8 Å². The number of nitrogens with zero attached hydrogens (tertiary/aromatic N) is 3. The molecule has 1 aliphatic heterocycles. The molecular weight excluding hydrogens is 263 g/mol. The molecule has 5 nitrogen and oxygen atoms in total. The van der Waals surface area contributed by atoms with E-state index in [0.29, 0.717) is 25.9 Å². The molecular formula is C11H12F3N3O2. The van der Waals surface area contributed by atoms with Gasteiger partial charge in [-0.1, -0.05) is 0 Å². The third-order valence-corrected chi connectivity index (χ3v) is 3.09. The van der Waals surface area contributed by atoms with Crippen LogP contribution in [0.2, 0.25) is 0 Å². The summed E-state index contributed by atoms with van der Waals surface area (Å²) in [7, 11) is 0. The number of rotatable bonds is 2. The van der Waals surface area contributed by atoms with E-state index in [2.05, 4.69) is 9.97 Å². The van der Waals surface area contributed by atoms with Crippen LogP contribution in [0.4, 0.5) is 19.1 Å². The van der Waals surface area contributed by atoms with Crippen LogP contribution in [0.1, 0.15) is 18.4 Å². The van der Waals surface area contributed by atoms with Crippen molar-refractivity contribution < 1.29 is 23.1 Å². The van der Waals surface area contributed by atoms with Gasteiger partial charge in [0.2, 0.25) is 5.95 Å². The van der Waals surface area contributed by atoms with Crippen molar-refractivity contribution in [3.8, 4) is 0 Å². The summed E-state index contributed by atoms with van der Waals surface area (Å²) in [4.78, 5) is 19.8. The average Bonchev–Trinajstić information content (AvgIpc) is 2.38. The van der Waals surface area contributed by atoms with Gasteiger partial charge in [-0.25, -0.2) is 9.97 Å². The fourth-order valence-electron chi connectivity index (χ4n) is 1.96. The Morgan fingerprint density at radius 2 is 1.79 bits per heavy atom. The van der Waals surface area contributed by atoms with Crippen LogP contribution in [0, 0.1) is 5.92 Å². The Morgan fingerprint density at radius 1 is 1.26 bits per heavy atom. The van der Waals surface area contributed by atoms with E-state index in [4.69, 9.17) is 5.11 Å². The van der Waals surface area contributed by atoms with E-state index in [1.165, 1.54) is 0 Å². The van der Waals surface area contributed by atoms with Crippen LogP contribution in [0.5, 0.6) is 0 Å². The molecule has 1 fully saturated rings. The number of carbonyl (C=O) groups is 1. The van der Waals surface area contributed by atoms with E-state index >= 15 is 0 Å². The van der Waals surface area contributed by atoms with Gasteiger partial charge in [-0.2, -0.15) is 13.2 Å². The smallest absolute Gasteiger partial charge is 0.419 e. The van der Waals surface area contributed by atoms with Crippen LogP contribution in [0.3, 0.4) is 0 Å². The summed E-state index contributed by atoms with van der Waals surface area (Å²) < 4.78 is 37.0. The van der Waals surface area contributed by atoms with Gasteiger partial charge in [0, 0.05) is 25.5 Å². The lowest BCUT2D eigenvalue weighted by molar-refractivity contribution is -0.142. The van der Waals surface area contributed by atoms with E-state index in [1.54, 1.807) is 4.90 Å². The molecule has 8 heteroatoms. The lowest BCUT2D eigenvalue weighted by atomic mass is 9.97. The molecule has 1 aromatic rings. The van der Waals surface area contributed by atoms with Crippen LogP contribution in [0.25, 0.3) is 0 Å². The molecule has 104 valence electrons. The average molecular weight is 275 g/mol. The summed E-state index contributed by atoms with van der Waals surface area (Å²) in [6, 6.07) is 0. The molecule has 0 atom stereocenters. The molecule has 0 amide bonds. The number of alkyl halides is 3. The lowest BCUT2D eigenvalue weighted by Crippen LogP contribution is -2.37. The van der Waals surface area contributed by atoms with Crippen LogP contribution >= 0.6 is 0 Å². The first-order valence-corrected chi connectivity index (χ1v) is 5.75. The highest BCUT2D eigenvalue weighted by molar-refractivity contribution is 5.70. The maximum absolute atomic E-state index is 12.3. The van der Waals surface area contributed by atoms with Crippen LogP contribution in [0.15, 0.2) is 12.4 Å². The van der Waals surface area contributed by atoms with Crippen molar-refractivity contribution in [2.24, 2.45) is 5.92 Å². The molecule has 0 saturated carbocycles. The molecule has 1 aromatic heterocycles. The number of aromatic nitrogens is 2. The number of carboxylic acid groups (broad SMARTS) is 1. The summed E-state index contributed by atoms with van der Waals surface area (Å²) in [6.07, 6.45) is -2.08. The third-order valence-electron chi connectivity index (χ3n) is 3.09. The van der Waals surface area contributed by atoms with Crippen molar-refractivity contribution in [1.29, 1.82) is 0 Å². The summed E-state index contributed by atoms with van der Waals surface area (Å²) in [6.45, 7) is 0.866. The second-order valence-corrected chi connectivity index (χ2v) is 4.37. The molecule has 1 aliphatic rings. The molecule has 2 rings (SSSR count). The standard InChI is InChI=1S/C11H12F3N3O2/c12-11(13,14)8-5-15-10(16-6-8)17-3-1-7(2-4-17)9(18)19/h5-7H,1-4H2,(H,18,19). The zero-order valence-corrected chi connectivity index (χ0v) is 9.89. The molecule has 1 N–H and O–H groups in total. The zero-order valence-electron chi connectivity index (χ0n) is 9.89. The molecule has 19 heavy (non-hydrogen) atoms. The Bertz CT molecular complexity index is 453. The minimum Gasteiger partial charge on any atom is -0.481 e. The molecule has 0 radical (unpaired) electrons. The molecule has 1 saturated heterocycles. The first-order valence-electron chi connectivity index (χ1n) is 5.75. The van der Waals surface area contributed by atoms with Gasteiger partial charge in [0.15, 0.2) is 0 Å². The van der Waals surface area contributed by atoms with Gasteiger partial charge >= 0.3 is 12.1 Å². The summed E-state index contributed by atoms with van der Waals surface area (Å²) in [5, 5.41) is 8.85. The van der Waals surface area contributed by atoms with Gasteiger partial charge < -0.3 is 10.0 Å². The van der Waals surface area contributed by atoms with Crippen molar-refractivity contribution in [2.75, 3.05) is 18.0 Å².